The van der Waals surface area contributed by atoms with Crippen molar-refractivity contribution in [1.29, 1.82) is 0 Å². The van der Waals surface area contributed by atoms with Crippen LogP contribution in [0.5, 0.6) is 0 Å². The molecule has 0 saturated heterocycles. The van der Waals surface area contributed by atoms with Gasteiger partial charge in [-0.05, 0) is 30.9 Å². The van der Waals surface area contributed by atoms with Crippen LogP contribution in [0.3, 0.4) is 0 Å². The van der Waals surface area contributed by atoms with E-state index in [0.717, 1.165) is 21.7 Å². The van der Waals surface area contributed by atoms with Crippen LogP contribution in [0.1, 0.15) is 44.2 Å². The average molecular weight is 437 g/mol. The molecule has 2 amide bonds. The van der Waals surface area contributed by atoms with Gasteiger partial charge < -0.3 is 5.32 Å². The molecule has 0 aliphatic rings. The van der Waals surface area contributed by atoms with Gasteiger partial charge in [0.1, 0.15) is 11.0 Å². The van der Waals surface area contributed by atoms with E-state index in [1.54, 1.807) is 0 Å². The highest BCUT2D eigenvalue weighted by atomic mass is 32.1. The van der Waals surface area contributed by atoms with E-state index < -0.39 is 6.04 Å². The van der Waals surface area contributed by atoms with Gasteiger partial charge in [-0.1, -0.05) is 86.2 Å². The standard InChI is InChI=1S/C24H28N4O2S/c1-5-19(17-11-7-6-8-12-17)21(29)25-20(15(2)3)22(30)26-24-28-27-23(31-24)18-13-9-10-16(4)14-18/h6-15,19-20H,5H2,1-4H3,(H,25,29)(H,26,28,30). The molecule has 0 fully saturated rings. The Morgan fingerprint density at radius 3 is 2.39 bits per heavy atom. The average Bonchev–Trinajstić information content (AvgIpc) is 3.21. The molecule has 7 heteroatoms. The van der Waals surface area contributed by atoms with Gasteiger partial charge in [-0.3, -0.25) is 14.9 Å². The van der Waals surface area contributed by atoms with E-state index in [-0.39, 0.29) is 23.7 Å². The van der Waals surface area contributed by atoms with Crippen molar-refractivity contribution in [3.05, 3.63) is 65.7 Å². The maximum atomic E-state index is 13.0. The third-order valence-corrected chi connectivity index (χ3v) is 5.98. The molecule has 2 aromatic carbocycles. The van der Waals surface area contributed by atoms with Gasteiger partial charge in [0.05, 0.1) is 5.92 Å². The van der Waals surface area contributed by atoms with Gasteiger partial charge in [-0.25, -0.2) is 0 Å². The first kappa shape index (κ1) is 22.6. The lowest BCUT2D eigenvalue weighted by Gasteiger charge is -2.24. The minimum absolute atomic E-state index is 0.0820. The predicted octanol–water partition coefficient (Wildman–Crippen LogP) is 4.79. The third kappa shape index (κ3) is 5.76. The Morgan fingerprint density at radius 1 is 1.00 bits per heavy atom. The van der Waals surface area contributed by atoms with Crippen LogP contribution in [0.2, 0.25) is 0 Å². The Labute approximate surface area is 187 Å². The quantitative estimate of drug-likeness (QED) is 0.532. The molecule has 2 N–H and O–H groups in total. The Hall–Kier alpha value is -3.06. The summed E-state index contributed by atoms with van der Waals surface area (Å²) in [7, 11) is 0. The van der Waals surface area contributed by atoms with Gasteiger partial charge in [0.15, 0.2) is 0 Å². The van der Waals surface area contributed by atoms with Crippen LogP contribution in [0.4, 0.5) is 5.13 Å². The van der Waals surface area contributed by atoms with Gasteiger partial charge in [0.2, 0.25) is 16.9 Å². The fraction of sp³-hybridized carbons (Fsp3) is 0.333. The van der Waals surface area contributed by atoms with E-state index in [4.69, 9.17) is 0 Å². The summed E-state index contributed by atoms with van der Waals surface area (Å²) in [6, 6.07) is 16.9. The fourth-order valence-electron chi connectivity index (χ4n) is 3.40. The van der Waals surface area contributed by atoms with E-state index in [9.17, 15) is 9.59 Å². The largest absolute Gasteiger partial charge is 0.344 e. The first-order chi connectivity index (χ1) is 14.9. The molecule has 3 rings (SSSR count). The summed E-state index contributed by atoms with van der Waals surface area (Å²) >= 11 is 1.31. The second-order valence-corrected chi connectivity index (χ2v) is 8.85. The van der Waals surface area contributed by atoms with Crippen LogP contribution in [-0.4, -0.2) is 28.1 Å². The molecular formula is C24H28N4O2S. The predicted molar refractivity (Wildman–Crippen MR) is 125 cm³/mol. The summed E-state index contributed by atoms with van der Waals surface area (Å²) in [5.74, 6) is -0.829. The Morgan fingerprint density at radius 2 is 1.74 bits per heavy atom. The number of aryl methyl sites for hydroxylation is 1. The molecule has 0 aliphatic carbocycles. The highest BCUT2D eigenvalue weighted by Crippen LogP contribution is 2.27. The lowest BCUT2D eigenvalue weighted by Crippen LogP contribution is -2.48. The molecule has 31 heavy (non-hydrogen) atoms. The maximum absolute atomic E-state index is 13.0. The van der Waals surface area contributed by atoms with Crippen molar-refractivity contribution in [2.24, 2.45) is 5.92 Å². The minimum Gasteiger partial charge on any atom is -0.344 e. The second-order valence-electron chi connectivity index (χ2n) is 7.87. The molecular weight excluding hydrogens is 408 g/mol. The zero-order valence-corrected chi connectivity index (χ0v) is 19.1. The first-order valence-electron chi connectivity index (χ1n) is 10.5. The van der Waals surface area contributed by atoms with Crippen molar-refractivity contribution in [1.82, 2.24) is 15.5 Å². The normalized spacial score (nSPS) is 12.9. The topological polar surface area (TPSA) is 84.0 Å². The molecule has 0 spiro atoms. The van der Waals surface area contributed by atoms with Crippen LogP contribution < -0.4 is 10.6 Å². The number of aromatic nitrogens is 2. The molecule has 6 nitrogen and oxygen atoms in total. The van der Waals surface area contributed by atoms with Crippen LogP contribution in [0, 0.1) is 12.8 Å². The molecule has 1 heterocycles. The summed E-state index contributed by atoms with van der Waals surface area (Å²) in [6.45, 7) is 7.80. The molecule has 2 atom stereocenters. The number of carbonyl (C=O) groups is 2. The summed E-state index contributed by atoms with van der Waals surface area (Å²) < 4.78 is 0. The Kier molecular flexibility index (Phi) is 7.52. The molecule has 2 unspecified atom stereocenters. The lowest BCUT2D eigenvalue weighted by atomic mass is 9.94. The number of amides is 2. The Bertz CT molecular complexity index is 1030. The van der Waals surface area contributed by atoms with Crippen molar-refractivity contribution >= 4 is 28.3 Å². The Balaban J connectivity index is 1.70. The molecule has 0 bridgehead atoms. The zero-order chi connectivity index (χ0) is 22.4. The van der Waals surface area contributed by atoms with Crippen LogP contribution >= 0.6 is 11.3 Å². The summed E-state index contributed by atoms with van der Waals surface area (Å²) in [5.41, 5.74) is 3.03. The molecule has 162 valence electrons. The van der Waals surface area contributed by atoms with Crippen molar-refractivity contribution in [2.45, 2.75) is 46.1 Å². The van der Waals surface area contributed by atoms with E-state index in [0.29, 0.717) is 11.6 Å². The number of anilines is 1. The van der Waals surface area contributed by atoms with Crippen molar-refractivity contribution < 1.29 is 9.59 Å². The monoisotopic (exact) mass is 436 g/mol. The lowest BCUT2D eigenvalue weighted by molar-refractivity contribution is -0.128. The van der Waals surface area contributed by atoms with Gasteiger partial charge in [-0.15, -0.1) is 10.2 Å². The molecule has 1 aromatic heterocycles. The maximum Gasteiger partial charge on any atom is 0.249 e. The summed E-state index contributed by atoms with van der Waals surface area (Å²) in [5, 5.41) is 15.2. The van der Waals surface area contributed by atoms with Gasteiger partial charge in [-0.2, -0.15) is 0 Å². The summed E-state index contributed by atoms with van der Waals surface area (Å²) in [6.07, 6.45) is 0.651. The molecule has 0 aliphatic heterocycles. The van der Waals surface area contributed by atoms with Gasteiger partial charge in [0.25, 0.3) is 0 Å². The third-order valence-electron chi connectivity index (χ3n) is 5.09. The molecule has 0 radical (unpaired) electrons. The number of hydrogen-bond donors (Lipinski definition) is 2. The van der Waals surface area contributed by atoms with E-state index in [1.807, 2.05) is 82.3 Å². The van der Waals surface area contributed by atoms with Crippen LogP contribution in [0.15, 0.2) is 54.6 Å². The second kappa shape index (κ2) is 10.3. The van der Waals surface area contributed by atoms with Crippen molar-refractivity contribution in [3.63, 3.8) is 0 Å². The van der Waals surface area contributed by atoms with Crippen LogP contribution in [-0.2, 0) is 9.59 Å². The van der Waals surface area contributed by atoms with E-state index >= 15 is 0 Å². The fourth-order valence-corrected chi connectivity index (χ4v) is 4.14. The summed E-state index contributed by atoms with van der Waals surface area (Å²) in [4.78, 5) is 25.9. The van der Waals surface area contributed by atoms with Gasteiger partial charge in [0, 0.05) is 5.56 Å². The van der Waals surface area contributed by atoms with E-state index in [1.165, 1.54) is 11.3 Å². The molecule has 0 saturated carbocycles. The van der Waals surface area contributed by atoms with Crippen LogP contribution in [0.25, 0.3) is 10.6 Å². The van der Waals surface area contributed by atoms with Gasteiger partial charge >= 0.3 is 0 Å². The van der Waals surface area contributed by atoms with Crippen molar-refractivity contribution in [2.75, 3.05) is 5.32 Å². The number of carbonyl (C=O) groups excluding carboxylic acids is 2. The first-order valence-corrected chi connectivity index (χ1v) is 11.3. The molecule has 3 aromatic rings. The number of nitrogens with one attached hydrogen (secondary N) is 2. The van der Waals surface area contributed by atoms with E-state index in [2.05, 4.69) is 20.8 Å². The minimum atomic E-state index is -0.670. The zero-order valence-electron chi connectivity index (χ0n) is 18.3. The van der Waals surface area contributed by atoms with Crippen molar-refractivity contribution in [3.8, 4) is 10.6 Å². The number of nitrogens with zero attached hydrogens (tertiary/aromatic N) is 2. The highest BCUT2D eigenvalue weighted by molar-refractivity contribution is 7.18. The smallest absolute Gasteiger partial charge is 0.249 e. The number of benzene rings is 2. The highest BCUT2D eigenvalue weighted by Gasteiger charge is 2.28. The number of hydrogen-bond acceptors (Lipinski definition) is 5. The number of rotatable bonds is 8. The SMILES string of the molecule is CCC(C(=O)NC(C(=O)Nc1nnc(-c2cccc(C)c2)s1)C(C)C)c1ccccc1.